The van der Waals surface area contributed by atoms with Gasteiger partial charge in [0.25, 0.3) is 0 Å². The lowest BCUT2D eigenvalue weighted by Gasteiger charge is -2.10. The Labute approximate surface area is 100 Å². The SMILES string of the molecule is Cc1ccc(N)c(SC2CCS(=O)(=O)C2)c1. The van der Waals surface area contributed by atoms with Crippen LogP contribution in [0.2, 0.25) is 0 Å². The van der Waals surface area contributed by atoms with Crippen molar-refractivity contribution < 1.29 is 8.42 Å². The highest BCUT2D eigenvalue weighted by Crippen LogP contribution is 2.34. The first-order chi connectivity index (χ1) is 7.46. The first-order valence-electron chi connectivity index (χ1n) is 5.19. The van der Waals surface area contributed by atoms with E-state index in [9.17, 15) is 8.42 Å². The van der Waals surface area contributed by atoms with Gasteiger partial charge < -0.3 is 5.73 Å². The monoisotopic (exact) mass is 257 g/mol. The van der Waals surface area contributed by atoms with E-state index in [-0.39, 0.29) is 11.0 Å². The lowest BCUT2D eigenvalue weighted by Crippen LogP contribution is -2.06. The van der Waals surface area contributed by atoms with Crippen molar-refractivity contribution in [1.82, 2.24) is 0 Å². The van der Waals surface area contributed by atoms with E-state index in [1.54, 1.807) is 11.8 Å². The third kappa shape index (κ3) is 2.71. The number of sulfone groups is 1. The molecule has 0 radical (unpaired) electrons. The summed E-state index contributed by atoms with van der Waals surface area (Å²) in [5.74, 6) is 0.599. The van der Waals surface area contributed by atoms with E-state index in [1.807, 2.05) is 25.1 Å². The van der Waals surface area contributed by atoms with Gasteiger partial charge >= 0.3 is 0 Å². The van der Waals surface area contributed by atoms with E-state index >= 15 is 0 Å². The van der Waals surface area contributed by atoms with Crippen molar-refractivity contribution in [3.05, 3.63) is 23.8 Å². The molecule has 0 amide bonds. The molecule has 16 heavy (non-hydrogen) atoms. The number of nitrogens with two attached hydrogens (primary N) is 1. The number of thioether (sulfide) groups is 1. The minimum atomic E-state index is -2.80. The van der Waals surface area contributed by atoms with Gasteiger partial charge in [-0.15, -0.1) is 11.8 Å². The summed E-state index contributed by atoms with van der Waals surface area (Å²) in [6.45, 7) is 2.01. The van der Waals surface area contributed by atoms with Gasteiger partial charge in [0.15, 0.2) is 9.84 Å². The van der Waals surface area contributed by atoms with Crippen LogP contribution >= 0.6 is 11.8 Å². The fraction of sp³-hybridized carbons (Fsp3) is 0.455. The average Bonchev–Trinajstić information content (AvgIpc) is 2.52. The Bertz CT molecular complexity index is 497. The quantitative estimate of drug-likeness (QED) is 0.822. The minimum absolute atomic E-state index is 0.161. The molecule has 1 aliphatic rings. The van der Waals surface area contributed by atoms with Gasteiger partial charge in [-0.2, -0.15) is 0 Å². The van der Waals surface area contributed by atoms with Crippen LogP contribution in [0.4, 0.5) is 5.69 Å². The second-order valence-electron chi connectivity index (χ2n) is 4.18. The molecule has 1 aliphatic heterocycles. The first kappa shape index (κ1) is 11.8. The Morgan fingerprint density at radius 1 is 1.44 bits per heavy atom. The molecule has 2 N–H and O–H groups in total. The van der Waals surface area contributed by atoms with Crippen LogP contribution < -0.4 is 5.73 Å². The van der Waals surface area contributed by atoms with Crippen LogP contribution in [-0.4, -0.2) is 25.2 Å². The first-order valence-corrected chi connectivity index (χ1v) is 7.89. The van der Waals surface area contributed by atoms with E-state index < -0.39 is 9.84 Å². The molecular formula is C11H15NO2S2. The summed E-state index contributed by atoms with van der Waals surface area (Å²) in [4.78, 5) is 1.00. The Balaban J connectivity index is 2.13. The maximum absolute atomic E-state index is 11.3. The summed E-state index contributed by atoms with van der Waals surface area (Å²) < 4.78 is 22.7. The summed E-state index contributed by atoms with van der Waals surface area (Å²) in [5.41, 5.74) is 7.75. The molecule has 88 valence electrons. The number of hydrogen-bond acceptors (Lipinski definition) is 4. The Kier molecular flexibility index (Phi) is 3.17. The molecule has 0 spiro atoms. The van der Waals surface area contributed by atoms with Crippen molar-refractivity contribution >= 4 is 27.3 Å². The fourth-order valence-corrected chi connectivity index (χ4v) is 5.42. The highest BCUT2D eigenvalue weighted by Gasteiger charge is 2.28. The molecule has 1 aromatic carbocycles. The van der Waals surface area contributed by atoms with Crippen LogP contribution in [0.25, 0.3) is 0 Å². The zero-order chi connectivity index (χ0) is 11.8. The molecule has 1 heterocycles. The second kappa shape index (κ2) is 4.30. The largest absolute Gasteiger partial charge is 0.398 e. The topological polar surface area (TPSA) is 60.2 Å². The summed E-state index contributed by atoms with van der Waals surface area (Å²) >= 11 is 1.59. The van der Waals surface area contributed by atoms with Gasteiger partial charge in [0.1, 0.15) is 0 Å². The van der Waals surface area contributed by atoms with Gasteiger partial charge in [0.05, 0.1) is 11.5 Å². The maximum Gasteiger partial charge on any atom is 0.151 e. The number of rotatable bonds is 2. The van der Waals surface area contributed by atoms with Crippen molar-refractivity contribution in [3.63, 3.8) is 0 Å². The third-order valence-electron chi connectivity index (χ3n) is 2.65. The van der Waals surface area contributed by atoms with Gasteiger partial charge in [-0.1, -0.05) is 6.07 Å². The van der Waals surface area contributed by atoms with E-state index in [4.69, 9.17) is 5.73 Å². The summed E-state index contributed by atoms with van der Waals surface area (Å²) in [7, 11) is -2.80. The van der Waals surface area contributed by atoms with E-state index in [0.717, 1.165) is 22.6 Å². The Morgan fingerprint density at radius 3 is 2.81 bits per heavy atom. The molecule has 1 aromatic rings. The summed E-state index contributed by atoms with van der Waals surface area (Å²) in [6, 6.07) is 5.86. The molecule has 1 saturated heterocycles. The fourth-order valence-electron chi connectivity index (χ4n) is 1.78. The van der Waals surface area contributed by atoms with Crippen molar-refractivity contribution in [2.75, 3.05) is 17.2 Å². The number of benzene rings is 1. The van der Waals surface area contributed by atoms with E-state index in [1.165, 1.54) is 0 Å². The molecule has 1 atom stereocenters. The molecule has 0 aromatic heterocycles. The van der Waals surface area contributed by atoms with Crippen LogP contribution in [0.3, 0.4) is 0 Å². The molecule has 0 aliphatic carbocycles. The van der Waals surface area contributed by atoms with Crippen LogP contribution in [-0.2, 0) is 9.84 Å². The number of hydrogen-bond donors (Lipinski definition) is 1. The van der Waals surface area contributed by atoms with Crippen molar-refractivity contribution in [2.24, 2.45) is 0 Å². The van der Waals surface area contributed by atoms with Gasteiger partial charge in [-0.05, 0) is 31.0 Å². The van der Waals surface area contributed by atoms with Crippen LogP contribution in [0.15, 0.2) is 23.1 Å². The zero-order valence-electron chi connectivity index (χ0n) is 9.14. The third-order valence-corrected chi connectivity index (χ3v) is 5.98. The highest BCUT2D eigenvalue weighted by molar-refractivity contribution is 8.02. The van der Waals surface area contributed by atoms with E-state index in [0.29, 0.717) is 5.75 Å². The number of aryl methyl sites for hydroxylation is 1. The Hall–Kier alpha value is -0.680. The second-order valence-corrected chi connectivity index (χ2v) is 7.76. The van der Waals surface area contributed by atoms with Crippen LogP contribution in [0.5, 0.6) is 0 Å². The summed E-state index contributed by atoms with van der Waals surface area (Å²) in [5, 5.41) is 0.161. The van der Waals surface area contributed by atoms with Crippen LogP contribution in [0.1, 0.15) is 12.0 Å². The number of nitrogen functional groups attached to an aromatic ring is 1. The molecule has 5 heteroatoms. The van der Waals surface area contributed by atoms with Crippen molar-refractivity contribution in [1.29, 1.82) is 0 Å². The molecule has 1 fully saturated rings. The van der Waals surface area contributed by atoms with Crippen molar-refractivity contribution in [3.8, 4) is 0 Å². The highest BCUT2D eigenvalue weighted by atomic mass is 32.2. The van der Waals surface area contributed by atoms with Gasteiger partial charge in [-0.25, -0.2) is 8.42 Å². The molecule has 1 unspecified atom stereocenters. The van der Waals surface area contributed by atoms with Gasteiger partial charge in [-0.3, -0.25) is 0 Å². The number of anilines is 1. The van der Waals surface area contributed by atoms with E-state index in [2.05, 4.69) is 0 Å². The van der Waals surface area contributed by atoms with Crippen molar-refractivity contribution in [2.45, 2.75) is 23.5 Å². The van der Waals surface area contributed by atoms with Gasteiger partial charge in [0, 0.05) is 15.8 Å². The normalized spacial score (nSPS) is 23.4. The minimum Gasteiger partial charge on any atom is -0.398 e. The van der Waals surface area contributed by atoms with Gasteiger partial charge in [0.2, 0.25) is 0 Å². The Morgan fingerprint density at radius 2 is 2.19 bits per heavy atom. The standard InChI is InChI=1S/C11H15NO2S2/c1-8-2-3-10(12)11(6-8)15-9-4-5-16(13,14)7-9/h2-3,6,9H,4-5,7,12H2,1H3. The molecule has 2 rings (SSSR count). The molecule has 3 nitrogen and oxygen atoms in total. The summed E-state index contributed by atoms with van der Waals surface area (Å²) in [6.07, 6.45) is 0.736. The molecule has 0 saturated carbocycles. The molecule has 0 bridgehead atoms. The predicted molar refractivity (Wildman–Crippen MR) is 68.5 cm³/mol. The zero-order valence-corrected chi connectivity index (χ0v) is 10.8. The van der Waals surface area contributed by atoms with Crippen LogP contribution in [0, 0.1) is 6.92 Å². The lowest BCUT2D eigenvalue weighted by atomic mass is 10.2. The predicted octanol–water partition coefficient (Wildman–Crippen LogP) is 1.86. The average molecular weight is 257 g/mol. The maximum atomic E-state index is 11.3. The lowest BCUT2D eigenvalue weighted by molar-refractivity contribution is 0.602. The smallest absolute Gasteiger partial charge is 0.151 e. The molecular weight excluding hydrogens is 242 g/mol.